The fourth-order valence-electron chi connectivity index (χ4n) is 2.05. The highest BCUT2D eigenvalue weighted by atomic mass is 28.5. The lowest BCUT2D eigenvalue weighted by Crippen LogP contribution is -2.67. The van der Waals surface area contributed by atoms with Crippen molar-refractivity contribution in [2.24, 2.45) is 0 Å². The van der Waals surface area contributed by atoms with Crippen LogP contribution < -0.4 is 0 Å². The van der Waals surface area contributed by atoms with Crippen LogP contribution in [0, 0.1) is 0 Å². The summed E-state index contributed by atoms with van der Waals surface area (Å²) >= 11 is 0. The van der Waals surface area contributed by atoms with Gasteiger partial charge in [0.25, 0.3) is 0 Å². The van der Waals surface area contributed by atoms with E-state index in [0.717, 1.165) is 0 Å². The van der Waals surface area contributed by atoms with Crippen molar-refractivity contribution in [3.8, 4) is 0 Å². The molecular formula is C15H24O4Si4. The van der Waals surface area contributed by atoms with Crippen molar-refractivity contribution in [1.82, 2.24) is 0 Å². The molecule has 0 aliphatic carbocycles. The quantitative estimate of drug-likeness (QED) is 0.633. The summed E-state index contributed by atoms with van der Waals surface area (Å²) < 4.78 is 25.3. The fraction of sp³-hybridized carbons (Fsp3) is 0.0667. The standard InChI is InChI=1S/C15H24O4Si4/c1-9-20(8)16-21(10-2,11-3)18-23(14-6,15-7)19-22(12-4,13-5)17-20/h9-15H,1-7H2,8H3. The van der Waals surface area contributed by atoms with Gasteiger partial charge in [0.05, 0.1) is 0 Å². The smallest absolute Gasteiger partial charge is 0.374 e. The molecule has 4 nitrogen and oxygen atoms in total. The second kappa shape index (κ2) is 7.19. The van der Waals surface area contributed by atoms with E-state index in [9.17, 15) is 0 Å². The Morgan fingerprint density at radius 1 is 0.478 bits per heavy atom. The SMILES string of the molecule is C=C[Si]1(C)O[Si](C=C)(C=C)O[Si](C=C)(C=C)O[Si](C=C)(C=C)O1. The first-order valence-corrected chi connectivity index (χ1v) is 15.3. The minimum atomic E-state index is -3.04. The molecule has 1 aliphatic heterocycles. The largest absolute Gasteiger partial charge is 0.406 e. The van der Waals surface area contributed by atoms with E-state index in [0.29, 0.717) is 0 Å². The van der Waals surface area contributed by atoms with Gasteiger partial charge in [-0.05, 0) is 40.7 Å². The molecule has 0 aromatic rings. The first kappa shape index (κ1) is 19.9. The Labute approximate surface area is 143 Å². The lowest BCUT2D eigenvalue weighted by Gasteiger charge is -2.47. The predicted molar refractivity (Wildman–Crippen MR) is 105 cm³/mol. The Hall–Kier alpha value is -1.11. The molecule has 0 atom stereocenters. The van der Waals surface area contributed by atoms with Crippen molar-refractivity contribution >= 4 is 34.2 Å². The van der Waals surface area contributed by atoms with E-state index in [2.05, 4.69) is 46.1 Å². The lowest BCUT2D eigenvalue weighted by molar-refractivity contribution is 0.260. The third kappa shape index (κ3) is 3.87. The van der Waals surface area contributed by atoms with E-state index in [1.54, 1.807) is 39.9 Å². The summed E-state index contributed by atoms with van der Waals surface area (Å²) in [6.07, 6.45) is 0. The van der Waals surface area contributed by atoms with Crippen LogP contribution in [0.3, 0.4) is 0 Å². The molecule has 0 radical (unpaired) electrons. The summed E-state index contributed by atoms with van der Waals surface area (Å²) in [6, 6.07) is 0. The molecule has 1 heterocycles. The summed E-state index contributed by atoms with van der Waals surface area (Å²) in [5, 5.41) is 0. The van der Waals surface area contributed by atoms with E-state index in [4.69, 9.17) is 16.5 Å². The first-order valence-electron chi connectivity index (χ1n) is 7.01. The molecular weight excluding hydrogens is 357 g/mol. The fourth-order valence-corrected chi connectivity index (χ4v) is 18.4. The van der Waals surface area contributed by atoms with Gasteiger partial charge in [-0.25, -0.2) is 0 Å². The van der Waals surface area contributed by atoms with Crippen LogP contribution in [-0.2, 0) is 16.5 Å². The second-order valence-electron chi connectivity index (χ2n) is 5.02. The second-order valence-corrected chi connectivity index (χ2v) is 17.5. The number of hydrogen-bond acceptors (Lipinski definition) is 4. The predicted octanol–water partition coefficient (Wildman–Crippen LogP) is 3.54. The van der Waals surface area contributed by atoms with Gasteiger partial charge in [0.1, 0.15) is 0 Å². The van der Waals surface area contributed by atoms with Crippen molar-refractivity contribution in [2.75, 3.05) is 0 Å². The molecule has 0 aromatic carbocycles. The number of rotatable bonds is 7. The Balaban J connectivity index is 3.59. The van der Waals surface area contributed by atoms with Gasteiger partial charge in [0.2, 0.25) is 0 Å². The molecule has 1 fully saturated rings. The maximum absolute atomic E-state index is 6.33. The van der Waals surface area contributed by atoms with Gasteiger partial charge in [-0.1, -0.05) is 5.70 Å². The topological polar surface area (TPSA) is 36.9 Å². The molecule has 8 heteroatoms. The van der Waals surface area contributed by atoms with E-state index in [-0.39, 0.29) is 0 Å². The Kier molecular flexibility index (Phi) is 6.23. The normalized spacial score (nSPS) is 24.0. The highest BCUT2D eigenvalue weighted by molar-refractivity contribution is 7.02. The molecule has 1 aliphatic rings. The van der Waals surface area contributed by atoms with Crippen LogP contribution in [0.2, 0.25) is 6.55 Å². The van der Waals surface area contributed by atoms with Crippen molar-refractivity contribution in [1.29, 1.82) is 0 Å². The third-order valence-corrected chi connectivity index (χ3v) is 18.5. The van der Waals surface area contributed by atoms with Gasteiger partial charge in [-0.15, -0.1) is 46.1 Å². The summed E-state index contributed by atoms with van der Waals surface area (Å²) in [4.78, 5) is 0. The molecule has 0 unspecified atom stereocenters. The van der Waals surface area contributed by atoms with Gasteiger partial charge in [-0.2, -0.15) is 0 Å². The van der Waals surface area contributed by atoms with Crippen LogP contribution >= 0.6 is 0 Å². The lowest BCUT2D eigenvalue weighted by atomic mass is 11.2. The summed E-state index contributed by atoms with van der Waals surface area (Å²) in [5.41, 5.74) is 11.5. The summed E-state index contributed by atoms with van der Waals surface area (Å²) in [5.74, 6) is 0. The molecule has 0 aromatic heterocycles. The van der Waals surface area contributed by atoms with Crippen LogP contribution in [0.4, 0.5) is 0 Å². The van der Waals surface area contributed by atoms with E-state index < -0.39 is 34.2 Å². The van der Waals surface area contributed by atoms with Crippen LogP contribution in [-0.4, -0.2) is 34.2 Å². The Morgan fingerprint density at radius 2 is 0.739 bits per heavy atom. The highest BCUT2D eigenvalue weighted by Crippen LogP contribution is 2.33. The molecule has 23 heavy (non-hydrogen) atoms. The molecule has 0 saturated carbocycles. The van der Waals surface area contributed by atoms with Crippen molar-refractivity contribution in [3.63, 3.8) is 0 Å². The minimum Gasteiger partial charge on any atom is -0.406 e. The number of hydrogen-bond donors (Lipinski definition) is 0. The zero-order chi connectivity index (χ0) is 17.8. The third-order valence-electron chi connectivity index (χ3n) is 3.44. The van der Waals surface area contributed by atoms with Gasteiger partial charge in [0.15, 0.2) is 0 Å². The zero-order valence-corrected chi connectivity index (χ0v) is 17.6. The molecule has 0 bridgehead atoms. The maximum Gasteiger partial charge on any atom is 0.374 e. The van der Waals surface area contributed by atoms with Crippen molar-refractivity contribution < 1.29 is 16.5 Å². The maximum atomic E-state index is 6.33. The van der Waals surface area contributed by atoms with Gasteiger partial charge >= 0.3 is 34.2 Å². The molecule has 1 rings (SSSR count). The molecule has 124 valence electrons. The molecule has 0 amide bonds. The van der Waals surface area contributed by atoms with E-state index in [1.165, 1.54) is 0 Å². The van der Waals surface area contributed by atoms with Gasteiger partial charge in [-0.3, -0.25) is 0 Å². The zero-order valence-electron chi connectivity index (χ0n) is 13.6. The van der Waals surface area contributed by atoms with Crippen molar-refractivity contribution in [2.45, 2.75) is 6.55 Å². The van der Waals surface area contributed by atoms with E-state index >= 15 is 0 Å². The van der Waals surface area contributed by atoms with Crippen LogP contribution in [0.5, 0.6) is 0 Å². The average Bonchev–Trinajstić information content (AvgIpc) is 2.58. The van der Waals surface area contributed by atoms with Gasteiger partial charge in [0, 0.05) is 0 Å². The van der Waals surface area contributed by atoms with Crippen LogP contribution in [0.1, 0.15) is 0 Å². The summed E-state index contributed by atoms with van der Waals surface area (Å²) in [6.45, 7) is 28.8. The highest BCUT2D eigenvalue weighted by Gasteiger charge is 2.56. The van der Waals surface area contributed by atoms with Crippen molar-refractivity contribution in [3.05, 3.63) is 85.9 Å². The van der Waals surface area contributed by atoms with Gasteiger partial charge < -0.3 is 16.5 Å². The van der Waals surface area contributed by atoms with Crippen LogP contribution in [0.25, 0.3) is 0 Å². The minimum absolute atomic E-state index is 1.63. The Morgan fingerprint density at radius 3 is 0.957 bits per heavy atom. The van der Waals surface area contributed by atoms with E-state index in [1.807, 2.05) is 6.55 Å². The Bertz CT molecular complexity index is 500. The molecule has 0 N–H and O–H groups in total. The monoisotopic (exact) mass is 380 g/mol. The van der Waals surface area contributed by atoms with Crippen LogP contribution in [0.15, 0.2) is 85.9 Å². The first-order chi connectivity index (χ1) is 10.8. The molecule has 1 saturated heterocycles. The average molecular weight is 381 g/mol. The summed E-state index contributed by atoms with van der Waals surface area (Å²) in [7, 11) is -11.9. The molecule has 0 spiro atoms.